The number of carboxylic acids is 1. The molecule has 0 aliphatic heterocycles. The van der Waals surface area contributed by atoms with Gasteiger partial charge in [0.25, 0.3) is 0 Å². The van der Waals surface area contributed by atoms with E-state index in [-0.39, 0.29) is 13.0 Å². The molecule has 84 valence electrons. The van der Waals surface area contributed by atoms with Crippen LogP contribution in [-0.4, -0.2) is 30.2 Å². The minimum absolute atomic E-state index is 0.172. The minimum atomic E-state index is -3.50. The van der Waals surface area contributed by atoms with Crippen LogP contribution in [0.3, 0.4) is 0 Å². The molecular formula is C8H12N2O4S. The van der Waals surface area contributed by atoms with E-state index in [1.54, 1.807) is 18.5 Å². The van der Waals surface area contributed by atoms with Gasteiger partial charge in [0.05, 0.1) is 12.2 Å². The van der Waals surface area contributed by atoms with Crippen molar-refractivity contribution in [3.63, 3.8) is 0 Å². The molecule has 7 heteroatoms. The van der Waals surface area contributed by atoms with E-state index >= 15 is 0 Å². The second-order valence-electron chi connectivity index (χ2n) is 3.00. The van der Waals surface area contributed by atoms with E-state index in [9.17, 15) is 13.2 Å². The van der Waals surface area contributed by atoms with Gasteiger partial charge >= 0.3 is 5.97 Å². The fourth-order valence-electron chi connectivity index (χ4n) is 0.956. The third kappa shape index (κ3) is 4.61. The van der Waals surface area contributed by atoms with Gasteiger partial charge in [-0.05, 0) is 11.6 Å². The zero-order valence-electron chi connectivity index (χ0n) is 7.93. The molecule has 0 saturated carbocycles. The van der Waals surface area contributed by atoms with Crippen LogP contribution in [-0.2, 0) is 21.4 Å². The molecule has 0 saturated heterocycles. The molecule has 0 fully saturated rings. The van der Waals surface area contributed by atoms with Gasteiger partial charge in [-0.2, -0.15) is 0 Å². The molecule has 1 aromatic rings. The monoisotopic (exact) mass is 232 g/mol. The highest BCUT2D eigenvalue weighted by molar-refractivity contribution is 7.89. The lowest BCUT2D eigenvalue weighted by molar-refractivity contribution is -0.136. The van der Waals surface area contributed by atoms with Gasteiger partial charge in [0.1, 0.15) is 0 Å². The van der Waals surface area contributed by atoms with E-state index in [0.717, 1.165) is 5.56 Å². The first-order valence-corrected chi connectivity index (χ1v) is 5.95. The maximum absolute atomic E-state index is 11.2. The summed E-state index contributed by atoms with van der Waals surface area (Å²) in [6.07, 6.45) is 2.96. The molecule has 0 radical (unpaired) electrons. The fraction of sp³-hybridized carbons (Fsp3) is 0.375. The first-order valence-electron chi connectivity index (χ1n) is 4.30. The molecular weight excluding hydrogens is 220 g/mol. The highest BCUT2D eigenvalue weighted by Crippen LogP contribution is 1.97. The summed E-state index contributed by atoms with van der Waals surface area (Å²) in [4.78, 5) is 13.0. The molecule has 1 aromatic heterocycles. The number of sulfonamides is 1. The van der Waals surface area contributed by atoms with Crippen molar-refractivity contribution in [2.24, 2.45) is 0 Å². The molecule has 3 N–H and O–H groups in total. The fourth-order valence-corrected chi connectivity index (χ4v) is 1.93. The highest BCUT2D eigenvalue weighted by Gasteiger charge is 2.12. The number of aromatic nitrogens is 1. The molecule has 0 aromatic carbocycles. The first-order chi connectivity index (χ1) is 6.99. The predicted octanol–water partition coefficient (Wildman–Crippen LogP) is -0.0912. The van der Waals surface area contributed by atoms with Gasteiger partial charge in [-0.15, -0.1) is 0 Å². The van der Waals surface area contributed by atoms with Crippen LogP contribution in [0.15, 0.2) is 18.5 Å². The molecule has 0 unspecified atom stereocenters. The number of carboxylic acid groups (broad SMARTS) is 1. The Bertz CT molecular complexity index is 410. The molecule has 0 spiro atoms. The lowest BCUT2D eigenvalue weighted by atomic mass is 10.4. The zero-order valence-corrected chi connectivity index (χ0v) is 8.75. The van der Waals surface area contributed by atoms with Crippen LogP contribution in [0.5, 0.6) is 0 Å². The summed E-state index contributed by atoms with van der Waals surface area (Å²) in [5.41, 5.74) is 0.800. The molecule has 6 nitrogen and oxygen atoms in total. The van der Waals surface area contributed by atoms with Crippen molar-refractivity contribution in [3.05, 3.63) is 24.0 Å². The summed E-state index contributed by atoms with van der Waals surface area (Å²) in [6, 6.07) is 1.74. The van der Waals surface area contributed by atoms with Gasteiger partial charge in [-0.25, -0.2) is 13.1 Å². The van der Waals surface area contributed by atoms with Crippen molar-refractivity contribution >= 4 is 16.0 Å². The van der Waals surface area contributed by atoms with Crippen molar-refractivity contribution in [1.82, 2.24) is 9.71 Å². The maximum atomic E-state index is 11.2. The van der Waals surface area contributed by atoms with Gasteiger partial charge in [0.15, 0.2) is 0 Å². The average Bonchev–Trinajstić information content (AvgIpc) is 2.65. The molecule has 0 atom stereocenters. The summed E-state index contributed by atoms with van der Waals surface area (Å²) in [7, 11) is -3.50. The van der Waals surface area contributed by atoms with Gasteiger partial charge in [-0.3, -0.25) is 4.79 Å². The molecule has 0 aliphatic rings. The number of hydrogen-bond donors (Lipinski definition) is 3. The lowest BCUT2D eigenvalue weighted by Gasteiger charge is -2.03. The van der Waals surface area contributed by atoms with Gasteiger partial charge in [0, 0.05) is 18.9 Å². The zero-order chi connectivity index (χ0) is 11.3. The van der Waals surface area contributed by atoms with Crippen LogP contribution in [0, 0.1) is 0 Å². The largest absolute Gasteiger partial charge is 0.481 e. The van der Waals surface area contributed by atoms with E-state index in [0.29, 0.717) is 0 Å². The van der Waals surface area contributed by atoms with Crippen molar-refractivity contribution in [3.8, 4) is 0 Å². The normalized spacial score (nSPS) is 11.5. The molecule has 0 aliphatic carbocycles. The second kappa shape index (κ2) is 4.94. The summed E-state index contributed by atoms with van der Waals surface area (Å²) in [5, 5.41) is 8.33. The topological polar surface area (TPSA) is 99.3 Å². The quantitative estimate of drug-likeness (QED) is 0.638. The van der Waals surface area contributed by atoms with Gasteiger partial charge in [-0.1, -0.05) is 0 Å². The molecule has 15 heavy (non-hydrogen) atoms. The molecule has 0 amide bonds. The lowest BCUT2D eigenvalue weighted by Crippen LogP contribution is -2.26. The highest BCUT2D eigenvalue weighted by atomic mass is 32.2. The van der Waals surface area contributed by atoms with Gasteiger partial charge < -0.3 is 10.1 Å². The third-order valence-corrected chi connectivity index (χ3v) is 3.07. The Morgan fingerprint density at radius 3 is 2.80 bits per heavy atom. The van der Waals surface area contributed by atoms with Crippen LogP contribution in [0.1, 0.15) is 12.0 Å². The number of rotatable bonds is 6. The standard InChI is InChI=1S/C8H12N2O4S/c11-8(12)2-4-15(13,14)10-6-7-1-3-9-5-7/h1,3,5,9-10H,2,4,6H2,(H,11,12). The number of H-pyrrole nitrogens is 1. The summed E-state index contributed by atoms with van der Waals surface area (Å²) in [5.74, 6) is -1.52. The number of aromatic amines is 1. The Labute approximate surface area is 87.4 Å². The van der Waals surface area contributed by atoms with Crippen molar-refractivity contribution in [2.75, 3.05) is 5.75 Å². The Morgan fingerprint density at radius 1 is 1.53 bits per heavy atom. The summed E-state index contributed by atoms with van der Waals surface area (Å²) in [6.45, 7) is 0.172. The van der Waals surface area contributed by atoms with Crippen molar-refractivity contribution in [2.45, 2.75) is 13.0 Å². The maximum Gasteiger partial charge on any atom is 0.304 e. The Morgan fingerprint density at radius 2 is 2.27 bits per heavy atom. The van der Waals surface area contributed by atoms with E-state index < -0.39 is 21.7 Å². The van der Waals surface area contributed by atoms with Crippen molar-refractivity contribution in [1.29, 1.82) is 0 Å². The van der Waals surface area contributed by atoms with E-state index in [1.807, 2.05) is 0 Å². The Hall–Kier alpha value is -1.34. The van der Waals surface area contributed by atoms with Crippen LogP contribution >= 0.6 is 0 Å². The van der Waals surface area contributed by atoms with Crippen LogP contribution in [0.2, 0.25) is 0 Å². The molecule has 0 bridgehead atoms. The Kier molecular flexibility index (Phi) is 3.87. The number of aliphatic carboxylic acids is 1. The second-order valence-corrected chi connectivity index (χ2v) is 4.93. The van der Waals surface area contributed by atoms with Crippen LogP contribution < -0.4 is 4.72 Å². The Balaban J connectivity index is 2.40. The van der Waals surface area contributed by atoms with E-state index in [4.69, 9.17) is 5.11 Å². The third-order valence-electron chi connectivity index (χ3n) is 1.74. The van der Waals surface area contributed by atoms with Crippen LogP contribution in [0.25, 0.3) is 0 Å². The first kappa shape index (κ1) is 11.7. The molecule has 1 rings (SSSR count). The smallest absolute Gasteiger partial charge is 0.304 e. The average molecular weight is 232 g/mol. The minimum Gasteiger partial charge on any atom is -0.481 e. The number of nitrogens with one attached hydrogen (secondary N) is 2. The van der Waals surface area contributed by atoms with Crippen LogP contribution in [0.4, 0.5) is 0 Å². The molecule has 1 heterocycles. The van der Waals surface area contributed by atoms with E-state index in [2.05, 4.69) is 9.71 Å². The van der Waals surface area contributed by atoms with Crippen molar-refractivity contribution < 1.29 is 18.3 Å². The number of hydrogen-bond acceptors (Lipinski definition) is 3. The SMILES string of the molecule is O=C(O)CCS(=O)(=O)NCc1cc[nH]c1. The predicted molar refractivity (Wildman–Crippen MR) is 53.7 cm³/mol. The summed E-state index contributed by atoms with van der Waals surface area (Å²) >= 11 is 0. The number of carbonyl (C=O) groups is 1. The van der Waals surface area contributed by atoms with Gasteiger partial charge in [0.2, 0.25) is 10.0 Å². The summed E-state index contributed by atoms with van der Waals surface area (Å²) < 4.78 is 24.8. The van der Waals surface area contributed by atoms with E-state index in [1.165, 1.54) is 0 Å².